The van der Waals surface area contributed by atoms with Gasteiger partial charge in [-0.15, -0.1) is 0 Å². The molecule has 4 saturated carbocycles. The Hall–Kier alpha value is -1.36. The maximum Gasteiger partial charge on any atom is 0.331 e. The molecule has 5 rings (SSSR count). The van der Waals surface area contributed by atoms with Crippen LogP contribution in [0.1, 0.15) is 78.6 Å². The Morgan fingerprint density at radius 3 is 2.60 bits per heavy atom. The quantitative estimate of drug-likeness (QED) is 0.684. The Balaban J connectivity index is 1.40. The zero-order valence-corrected chi connectivity index (χ0v) is 18.6. The van der Waals surface area contributed by atoms with E-state index >= 15 is 0 Å². The molecule has 0 aromatic rings. The summed E-state index contributed by atoms with van der Waals surface area (Å²) in [4.78, 5) is 23.1. The molecule has 5 nitrogen and oxygen atoms in total. The summed E-state index contributed by atoms with van der Waals surface area (Å²) in [6.45, 7) is 6.64. The summed E-state index contributed by atoms with van der Waals surface area (Å²) >= 11 is 0. The zero-order chi connectivity index (χ0) is 21.3. The van der Waals surface area contributed by atoms with E-state index in [1.54, 1.807) is 6.08 Å². The van der Waals surface area contributed by atoms with Crippen molar-refractivity contribution in [1.29, 1.82) is 0 Å². The molecule has 4 aliphatic carbocycles. The molecule has 4 fully saturated rings. The van der Waals surface area contributed by atoms with Gasteiger partial charge in [0.05, 0.1) is 5.60 Å². The fourth-order valence-corrected chi connectivity index (χ4v) is 8.71. The summed E-state index contributed by atoms with van der Waals surface area (Å²) in [5, 5.41) is 12.2. The van der Waals surface area contributed by atoms with Crippen LogP contribution in [-0.2, 0) is 19.1 Å². The van der Waals surface area contributed by atoms with Crippen molar-refractivity contribution in [2.75, 3.05) is 6.61 Å². The Bertz CT molecular complexity index is 788. The standard InChI is InChI=1S/C25H36O5/c1-15(26)30-18-6-9-23(2)17(13-18)4-5-21-20(23)7-10-24(3)19(8-11-25(21,24)28)16-12-22(27)29-14-16/h12,17-21,28H,4-11,13-14H2,1-3H3/t17?,18?,19-,20-,21?,23-,24+,25?/m0/s1. The first-order valence-corrected chi connectivity index (χ1v) is 11.9. The van der Waals surface area contributed by atoms with Gasteiger partial charge in [-0.3, -0.25) is 4.79 Å². The molecule has 0 amide bonds. The van der Waals surface area contributed by atoms with Crippen molar-refractivity contribution in [3.8, 4) is 0 Å². The van der Waals surface area contributed by atoms with Crippen molar-refractivity contribution in [2.45, 2.75) is 90.3 Å². The van der Waals surface area contributed by atoms with Crippen LogP contribution >= 0.6 is 0 Å². The third kappa shape index (κ3) is 2.76. The number of aliphatic hydroxyl groups is 1. The van der Waals surface area contributed by atoms with Crippen molar-refractivity contribution in [1.82, 2.24) is 0 Å². The maximum atomic E-state index is 12.2. The number of carbonyl (C=O) groups is 2. The third-order valence-corrected chi connectivity index (χ3v) is 10.3. The number of hydrogen-bond donors (Lipinski definition) is 1. The van der Waals surface area contributed by atoms with Crippen molar-refractivity contribution in [3.63, 3.8) is 0 Å². The van der Waals surface area contributed by atoms with Gasteiger partial charge >= 0.3 is 11.9 Å². The number of ether oxygens (including phenoxy) is 2. The normalized spacial score (nSPS) is 50.1. The van der Waals surface area contributed by atoms with Gasteiger partial charge in [0.2, 0.25) is 0 Å². The summed E-state index contributed by atoms with van der Waals surface area (Å²) in [7, 11) is 0. The highest BCUT2D eigenvalue weighted by molar-refractivity contribution is 5.85. The molecular weight excluding hydrogens is 380 g/mol. The Morgan fingerprint density at radius 2 is 1.90 bits per heavy atom. The van der Waals surface area contributed by atoms with E-state index in [0.29, 0.717) is 24.4 Å². The number of cyclic esters (lactones) is 1. The molecule has 4 unspecified atom stereocenters. The maximum absolute atomic E-state index is 12.2. The van der Waals surface area contributed by atoms with Crippen LogP contribution in [0.5, 0.6) is 0 Å². The van der Waals surface area contributed by atoms with E-state index in [-0.39, 0.29) is 34.8 Å². The van der Waals surface area contributed by atoms with Crippen LogP contribution < -0.4 is 0 Å². The van der Waals surface area contributed by atoms with Crippen LogP contribution in [0.25, 0.3) is 0 Å². The van der Waals surface area contributed by atoms with E-state index < -0.39 is 5.60 Å². The SMILES string of the molecule is CC(=O)OC1CC[C@@]2(C)C(CCC3[C@@H]2CC[C@]2(C)[C@H](C4=CC(=O)OC4)CCC32O)C1. The van der Waals surface area contributed by atoms with Crippen molar-refractivity contribution in [3.05, 3.63) is 11.6 Å². The van der Waals surface area contributed by atoms with Gasteiger partial charge < -0.3 is 14.6 Å². The molecule has 1 aliphatic heterocycles. The average Bonchev–Trinajstić information content (AvgIpc) is 3.22. The summed E-state index contributed by atoms with van der Waals surface area (Å²) in [5.41, 5.74) is 0.485. The van der Waals surface area contributed by atoms with Gasteiger partial charge in [0.1, 0.15) is 12.7 Å². The largest absolute Gasteiger partial charge is 0.463 e. The molecule has 0 saturated heterocycles. The first-order valence-electron chi connectivity index (χ1n) is 11.9. The molecule has 0 spiro atoms. The molecule has 166 valence electrons. The van der Waals surface area contributed by atoms with Crippen LogP contribution in [-0.4, -0.2) is 35.4 Å². The van der Waals surface area contributed by atoms with E-state index in [4.69, 9.17) is 9.47 Å². The highest BCUT2D eigenvalue weighted by Crippen LogP contribution is 2.69. The third-order valence-electron chi connectivity index (χ3n) is 10.3. The lowest BCUT2D eigenvalue weighted by molar-refractivity contribution is -0.209. The number of carbonyl (C=O) groups excluding carboxylic acids is 2. The number of fused-ring (bicyclic) bond motifs is 5. The summed E-state index contributed by atoms with van der Waals surface area (Å²) in [6.07, 6.45) is 10.9. The van der Waals surface area contributed by atoms with Gasteiger partial charge in [0, 0.05) is 18.4 Å². The van der Waals surface area contributed by atoms with Crippen LogP contribution in [0.15, 0.2) is 11.6 Å². The van der Waals surface area contributed by atoms with E-state index in [2.05, 4.69) is 13.8 Å². The molecule has 0 bridgehead atoms. The summed E-state index contributed by atoms with van der Waals surface area (Å²) < 4.78 is 10.8. The molecule has 1 heterocycles. The Labute approximate surface area is 179 Å². The number of esters is 2. The lowest BCUT2D eigenvalue weighted by Crippen LogP contribution is -2.62. The van der Waals surface area contributed by atoms with Gasteiger partial charge in [0.25, 0.3) is 0 Å². The molecule has 8 atom stereocenters. The van der Waals surface area contributed by atoms with Crippen LogP contribution in [0.2, 0.25) is 0 Å². The predicted molar refractivity (Wildman–Crippen MR) is 111 cm³/mol. The lowest BCUT2D eigenvalue weighted by Gasteiger charge is -2.63. The first kappa shape index (κ1) is 20.5. The number of hydrogen-bond acceptors (Lipinski definition) is 5. The van der Waals surface area contributed by atoms with Gasteiger partial charge in [0.15, 0.2) is 0 Å². The molecule has 1 N–H and O–H groups in total. The van der Waals surface area contributed by atoms with Crippen molar-refractivity contribution >= 4 is 11.9 Å². The average molecular weight is 417 g/mol. The summed E-state index contributed by atoms with van der Waals surface area (Å²) in [6, 6.07) is 0. The molecule has 0 radical (unpaired) electrons. The van der Waals surface area contributed by atoms with Gasteiger partial charge in [-0.2, -0.15) is 0 Å². The smallest absolute Gasteiger partial charge is 0.331 e. The van der Waals surface area contributed by atoms with Gasteiger partial charge in [-0.25, -0.2) is 4.79 Å². The minimum atomic E-state index is -0.659. The molecule has 30 heavy (non-hydrogen) atoms. The zero-order valence-electron chi connectivity index (χ0n) is 18.6. The minimum Gasteiger partial charge on any atom is -0.463 e. The van der Waals surface area contributed by atoms with Crippen LogP contribution in [0.3, 0.4) is 0 Å². The second-order valence-electron chi connectivity index (χ2n) is 11.3. The molecule has 0 aromatic heterocycles. The van der Waals surface area contributed by atoms with Crippen molar-refractivity contribution in [2.24, 2.45) is 34.5 Å². The highest BCUT2D eigenvalue weighted by Gasteiger charge is 2.67. The minimum absolute atomic E-state index is 0.0665. The predicted octanol–water partition coefficient (Wildman–Crippen LogP) is 4.18. The first-order chi connectivity index (χ1) is 14.2. The topological polar surface area (TPSA) is 72.8 Å². The second-order valence-corrected chi connectivity index (χ2v) is 11.3. The van der Waals surface area contributed by atoms with E-state index in [0.717, 1.165) is 63.4 Å². The number of rotatable bonds is 2. The van der Waals surface area contributed by atoms with Gasteiger partial charge in [-0.1, -0.05) is 13.8 Å². The van der Waals surface area contributed by atoms with E-state index in [9.17, 15) is 14.7 Å². The van der Waals surface area contributed by atoms with Crippen molar-refractivity contribution < 1.29 is 24.2 Å². The van der Waals surface area contributed by atoms with Crippen LogP contribution in [0, 0.1) is 34.5 Å². The van der Waals surface area contributed by atoms with E-state index in [1.165, 1.54) is 6.92 Å². The fraction of sp³-hybridized carbons (Fsp3) is 0.840. The Morgan fingerprint density at radius 1 is 1.10 bits per heavy atom. The lowest BCUT2D eigenvalue weighted by atomic mass is 9.43. The van der Waals surface area contributed by atoms with Gasteiger partial charge in [-0.05, 0) is 92.4 Å². The highest BCUT2D eigenvalue weighted by atomic mass is 16.5. The molecule has 5 aliphatic rings. The summed E-state index contributed by atoms with van der Waals surface area (Å²) in [5.74, 6) is 1.29. The second kappa shape index (κ2) is 6.82. The monoisotopic (exact) mass is 416 g/mol. The Kier molecular flexibility index (Phi) is 4.67. The fourth-order valence-electron chi connectivity index (χ4n) is 8.71. The van der Waals surface area contributed by atoms with E-state index in [1.807, 2.05) is 0 Å². The van der Waals surface area contributed by atoms with Crippen LogP contribution in [0.4, 0.5) is 0 Å². The molecule has 5 heteroatoms. The molecular formula is C25H36O5. The molecule has 0 aromatic carbocycles.